The highest BCUT2D eigenvalue weighted by atomic mass is 16.6. The monoisotopic (exact) mass is 664 g/mol. The van der Waals surface area contributed by atoms with Gasteiger partial charge in [-0.05, 0) is 122 Å². The summed E-state index contributed by atoms with van der Waals surface area (Å²) >= 11 is 0. The minimum absolute atomic E-state index is 0.148. The fourth-order valence-electron chi connectivity index (χ4n) is 5.57. The van der Waals surface area contributed by atoms with E-state index in [0.29, 0.717) is 17.7 Å². The Bertz CT molecular complexity index is 1240. The van der Waals surface area contributed by atoms with Gasteiger partial charge in [0.05, 0.1) is 11.7 Å². The Hall–Kier alpha value is -3.45. The van der Waals surface area contributed by atoms with Gasteiger partial charge in [0, 0.05) is 19.1 Å². The number of hydrogen-bond acceptors (Lipinski definition) is 7. The third-order valence-corrected chi connectivity index (χ3v) is 8.41. The molecule has 266 valence electrons. The molecule has 7 heteroatoms. The number of esters is 3. The summed E-state index contributed by atoms with van der Waals surface area (Å²) in [4.78, 5) is 36.2. The molecule has 2 aromatic rings. The van der Waals surface area contributed by atoms with Crippen molar-refractivity contribution >= 4 is 17.9 Å². The maximum Gasteiger partial charge on any atom is 0.343 e. The van der Waals surface area contributed by atoms with E-state index in [2.05, 4.69) is 13.5 Å². The molecular weight excluding hydrogens is 604 g/mol. The van der Waals surface area contributed by atoms with Crippen molar-refractivity contribution in [2.45, 2.75) is 149 Å². The fraction of sp³-hybridized carbons (Fsp3) is 0.585. The molecule has 2 rings (SSSR count). The molecule has 0 aliphatic heterocycles. The first-order valence-electron chi connectivity index (χ1n) is 17.9. The summed E-state index contributed by atoms with van der Waals surface area (Å²) in [5.41, 5.74) is 1.84. The van der Waals surface area contributed by atoms with Crippen LogP contribution in [0.25, 0.3) is 0 Å². The number of benzene rings is 2. The standard InChI is InChI=1S/C41H60O7/c1-8-17-35(26-21-33-22-27-36(28-23-33)46-39(44)34-24-19-32(3)20-25-34)45-31-16-11-10-14-29-41(6,7)48-38(43)18-13-12-15-30-40(4,5)47-37(42)9-2/h9,19-20,22-25,27-28,35H,2,8,10-18,21,26,29-31H2,1,3-7H3. The minimum Gasteiger partial charge on any atom is -0.460 e. The molecule has 0 aliphatic carbocycles. The zero-order valence-corrected chi connectivity index (χ0v) is 30.4. The van der Waals surface area contributed by atoms with Gasteiger partial charge in [-0.2, -0.15) is 0 Å². The molecule has 0 saturated carbocycles. The van der Waals surface area contributed by atoms with Crippen molar-refractivity contribution in [3.8, 4) is 5.75 Å². The Kier molecular flexibility index (Phi) is 18.2. The first kappa shape index (κ1) is 40.7. The van der Waals surface area contributed by atoms with E-state index < -0.39 is 17.2 Å². The first-order valence-corrected chi connectivity index (χ1v) is 17.9. The van der Waals surface area contributed by atoms with Crippen molar-refractivity contribution in [3.05, 3.63) is 77.9 Å². The number of hydrogen-bond donors (Lipinski definition) is 0. The molecule has 0 amide bonds. The molecule has 0 heterocycles. The van der Waals surface area contributed by atoms with E-state index in [1.165, 1.54) is 11.6 Å². The van der Waals surface area contributed by atoms with Crippen molar-refractivity contribution in [1.82, 2.24) is 0 Å². The van der Waals surface area contributed by atoms with Gasteiger partial charge in [-0.3, -0.25) is 4.79 Å². The van der Waals surface area contributed by atoms with Crippen molar-refractivity contribution < 1.29 is 33.3 Å². The second-order valence-electron chi connectivity index (χ2n) is 14.1. The second-order valence-corrected chi connectivity index (χ2v) is 14.1. The number of carbonyl (C=O) groups is 3. The summed E-state index contributed by atoms with van der Waals surface area (Å²) in [5.74, 6) is -0.361. The molecule has 0 bridgehead atoms. The molecule has 0 aromatic heterocycles. The number of aryl methyl sites for hydroxylation is 2. The summed E-state index contributed by atoms with van der Waals surface area (Å²) in [6, 6.07) is 15.1. The maximum absolute atomic E-state index is 12.4. The van der Waals surface area contributed by atoms with E-state index in [-0.39, 0.29) is 18.0 Å². The van der Waals surface area contributed by atoms with Crippen LogP contribution in [0, 0.1) is 6.92 Å². The normalized spacial score (nSPS) is 12.3. The van der Waals surface area contributed by atoms with Gasteiger partial charge < -0.3 is 18.9 Å². The lowest BCUT2D eigenvalue weighted by Gasteiger charge is -2.25. The topological polar surface area (TPSA) is 88.1 Å². The second kappa shape index (κ2) is 21.5. The van der Waals surface area contributed by atoms with Crippen LogP contribution in [0.4, 0.5) is 0 Å². The lowest BCUT2D eigenvalue weighted by molar-refractivity contribution is -0.157. The predicted octanol–water partition coefficient (Wildman–Crippen LogP) is 10.1. The van der Waals surface area contributed by atoms with Gasteiger partial charge in [-0.25, -0.2) is 9.59 Å². The molecule has 0 saturated heterocycles. The van der Waals surface area contributed by atoms with Gasteiger partial charge in [-0.15, -0.1) is 0 Å². The summed E-state index contributed by atoms with van der Waals surface area (Å²) in [5, 5.41) is 0. The van der Waals surface area contributed by atoms with E-state index in [4.69, 9.17) is 18.9 Å². The van der Waals surface area contributed by atoms with Crippen LogP contribution in [0.15, 0.2) is 61.2 Å². The molecule has 0 radical (unpaired) electrons. The van der Waals surface area contributed by atoms with Gasteiger partial charge in [0.25, 0.3) is 0 Å². The quantitative estimate of drug-likeness (QED) is 0.0478. The van der Waals surface area contributed by atoms with Crippen LogP contribution in [0.5, 0.6) is 5.75 Å². The number of rotatable bonds is 24. The van der Waals surface area contributed by atoms with Crippen LogP contribution in [-0.4, -0.2) is 41.8 Å². The molecule has 0 spiro atoms. The van der Waals surface area contributed by atoms with Crippen LogP contribution in [-0.2, 0) is 30.2 Å². The van der Waals surface area contributed by atoms with Crippen LogP contribution < -0.4 is 4.74 Å². The molecular formula is C41H60O7. The Morgan fingerprint density at radius 2 is 1.38 bits per heavy atom. The van der Waals surface area contributed by atoms with E-state index in [1.807, 2.05) is 71.0 Å². The highest BCUT2D eigenvalue weighted by molar-refractivity contribution is 5.91. The fourth-order valence-corrected chi connectivity index (χ4v) is 5.57. The molecule has 0 N–H and O–H groups in total. The van der Waals surface area contributed by atoms with Crippen molar-refractivity contribution in [3.63, 3.8) is 0 Å². The number of ether oxygens (including phenoxy) is 4. The smallest absolute Gasteiger partial charge is 0.343 e. The van der Waals surface area contributed by atoms with Crippen LogP contribution >= 0.6 is 0 Å². The van der Waals surface area contributed by atoms with E-state index in [9.17, 15) is 14.4 Å². The third-order valence-electron chi connectivity index (χ3n) is 8.41. The minimum atomic E-state index is -0.533. The predicted molar refractivity (Wildman–Crippen MR) is 192 cm³/mol. The first-order chi connectivity index (χ1) is 22.8. The Morgan fingerprint density at radius 1 is 0.771 bits per heavy atom. The lowest BCUT2D eigenvalue weighted by Crippen LogP contribution is -2.28. The Morgan fingerprint density at radius 3 is 2.00 bits per heavy atom. The molecule has 0 aliphatic rings. The molecule has 48 heavy (non-hydrogen) atoms. The molecule has 7 nitrogen and oxygen atoms in total. The zero-order chi connectivity index (χ0) is 35.4. The van der Waals surface area contributed by atoms with Gasteiger partial charge in [0.15, 0.2) is 0 Å². The van der Waals surface area contributed by atoms with Crippen LogP contribution in [0.2, 0.25) is 0 Å². The average Bonchev–Trinajstić information content (AvgIpc) is 3.03. The molecule has 0 fully saturated rings. The number of unbranched alkanes of at least 4 members (excludes halogenated alkanes) is 5. The molecule has 1 atom stereocenters. The molecule has 2 aromatic carbocycles. The summed E-state index contributed by atoms with van der Waals surface area (Å²) in [6.45, 7) is 16.1. The van der Waals surface area contributed by atoms with E-state index in [0.717, 1.165) is 95.6 Å². The van der Waals surface area contributed by atoms with Crippen LogP contribution in [0.3, 0.4) is 0 Å². The highest BCUT2D eigenvalue weighted by Crippen LogP contribution is 2.23. The van der Waals surface area contributed by atoms with Gasteiger partial charge >= 0.3 is 17.9 Å². The number of carbonyl (C=O) groups excluding carboxylic acids is 3. The summed E-state index contributed by atoms with van der Waals surface area (Å²) in [7, 11) is 0. The van der Waals surface area contributed by atoms with E-state index >= 15 is 0 Å². The van der Waals surface area contributed by atoms with Crippen LogP contribution in [0.1, 0.15) is 140 Å². The maximum atomic E-state index is 12.4. The molecule has 1 unspecified atom stereocenters. The summed E-state index contributed by atoms with van der Waals surface area (Å²) in [6.07, 6.45) is 14.1. The average molecular weight is 665 g/mol. The van der Waals surface area contributed by atoms with Crippen molar-refractivity contribution in [2.75, 3.05) is 6.61 Å². The van der Waals surface area contributed by atoms with Gasteiger partial charge in [0.2, 0.25) is 0 Å². The third kappa shape index (κ3) is 17.6. The lowest BCUT2D eigenvalue weighted by atomic mass is 9.99. The zero-order valence-electron chi connectivity index (χ0n) is 30.4. The SMILES string of the molecule is C=CC(=O)OC(C)(C)CCCCCC(=O)OC(C)(C)CCCCCCOC(CCC)CCc1ccc(OC(=O)c2ccc(C)cc2)cc1. The Balaban J connectivity index is 1.57. The largest absolute Gasteiger partial charge is 0.460 e. The van der Waals surface area contributed by atoms with Gasteiger partial charge in [-0.1, -0.05) is 69.0 Å². The van der Waals surface area contributed by atoms with E-state index in [1.54, 1.807) is 12.1 Å². The highest BCUT2D eigenvalue weighted by Gasteiger charge is 2.23. The van der Waals surface area contributed by atoms with Crippen molar-refractivity contribution in [2.24, 2.45) is 0 Å². The van der Waals surface area contributed by atoms with Gasteiger partial charge in [0.1, 0.15) is 17.0 Å². The summed E-state index contributed by atoms with van der Waals surface area (Å²) < 4.78 is 22.9. The Labute approximate surface area is 289 Å². The van der Waals surface area contributed by atoms with Crippen molar-refractivity contribution in [1.29, 1.82) is 0 Å².